The summed E-state index contributed by atoms with van der Waals surface area (Å²) in [4.78, 5) is 26.0. The number of para-hydroxylation sites is 1. The topological polar surface area (TPSA) is 62.6 Å². The zero-order valence-corrected chi connectivity index (χ0v) is 16.8. The van der Waals surface area contributed by atoms with Crippen molar-refractivity contribution in [3.63, 3.8) is 0 Å². The monoisotopic (exact) mass is 400 g/mol. The summed E-state index contributed by atoms with van der Waals surface area (Å²) in [6.45, 7) is 4.06. The highest BCUT2D eigenvalue weighted by atomic mass is 35.5. The molecule has 1 atom stereocenters. The predicted molar refractivity (Wildman–Crippen MR) is 111 cm³/mol. The molecule has 0 aromatic heterocycles. The van der Waals surface area contributed by atoms with E-state index in [1.54, 1.807) is 0 Å². The Hall–Kier alpha value is -2.37. The van der Waals surface area contributed by atoms with Gasteiger partial charge < -0.3 is 15.5 Å². The second-order valence-electron chi connectivity index (χ2n) is 7.40. The quantitative estimate of drug-likeness (QED) is 0.697. The van der Waals surface area contributed by atoms with Crippen LogP contribution in [0.4, 0.5) is 5.69 Å². The van der Waals surface area contributed by atoms with Crippen LogP contribution in [-0.2, 0) is 9.59 Å². The van der Waals surface area contributed by atoms with Gasteiger partial charge in [0.15, 0.2) is 6.54 Å². The summed E-state index contributed by atoms with van der Waals surface area (Å²) in [7, 11) is 0. The number of likely N-dealkylation sites (tertiary alicyclic amines) is 1. The van der Waals surface area contributed by atoms with Crippen molar-refractivity contribution in [2.75, 3.05) is 25.0 Å². The summed E-state index contributed by atoms with van der Waals surface area (Å²) in [5.41, 5.74) is 1.86. The Morgan fingerprint density at radius 1 is 1.07 bits per heavy atom. The SMILES string of the molecule is C[C@@H](NC(=O)C[NH+]1CCC(C(=O)Nc2ccccc2)CC1)c1ccc(Cl)cc1. The van der Waals surface area contributed by atoms with E-state index in [0.29, 0.717) is 11.6 Å². The molecule has 2 aromatic rings. The fourth-order valence-corrected chi connectivity index (χ4v) is 3.71. The molecule has 0 aliphatic carbocycles. The van der Waals surface area contributed by atoms with Crippen LogP contribution < -0.4 is 15.5 Å². The molecule has 148 valence electrons. The summed E-state index contributed by atoms with van der Waals surface area (Å²) in [5.74, 6) is 0.121. The molecule has 0 spiro atoms. The lowest BCUT2D eigenvalue weighted by Crippen LogP contribution is -3.14. The largest absolute Gasteiger partial charge is 0.345 e. The third kappa shape index (κ3) is 5.81. The highest BCUT2D eigenvalue weighted by Crippen LogP contribution is 2.16. The van der Waals surface area contributed by atoms with E-state index in [1.807, 2.05) is 61.5 Å². The summed E-state index contributed by atoms with van der Waals surface area (Å²) in [6, 6.07) is 17.0. The molecule has 1 heterocycles. The number of hydrogen-bond acceptors (Lipinski definition) is 2. The Morgan fingerprint density at radius 2 is 1.71 bits per heavy atom. The maximum Gasteiger partial charge on any atom is 0.275 e. The highest BCUT2D eigenvalue weighted by molar-refractivity contribution is 6.30. The third-order valence-corrected chi connectivity index (χ3v) is 5.51. The Morgan fingerprint density at radius 3 is 2.36 bits per heavy atom. The van der Waals surface area contributed by atoms with Gasteiger partial charge in [-0.25, -0.2) is 0 Å². The number of carbonyl (C=O) groups excluding carboxylic acids is 2. The molecule has 0 bridgehead atoms. The van der Waals surface area contributed by atoms with Crippen molar-refractivity contribution in [3.05, 3.63) is 65.2 Å². The van der Waals surface area contributed by atoms with Gasteiger partial charge >= 0.3 is 0 Å². The number of rotatable bonds is 6. The van der Waals surface area contributed by atoms with E-state index in [-0.39, 0.29) is 23.8 Å². The van der Waals surface area contributed by atoms with Crippen molar-refractivity contribution in [1.29, 1.82) is 0 Å². The fraction of sp³-hybridized carbons (Fsp3) is 0.364. The zero-order chi connectivity index (χ0) is 19.9. The third-order valence-electron chi connectivity index (χ3n) is 5.26. The van der Waals surface area contributed by atoms with Crippen LogP contribution in [0.25, 0.3) is 0 Å². The van der Waals surface area contributed by atoms with Crippen LogP contribution in [0.2, 0.25) is 5.02 Å². The Bertz CT molecular complexity index is 787. The molecule has 3 N–H and O–H groups in total. The molecular formula is C22H27ClN3O2+. The lowest BCUT2D eigenvalue weighted by molar-refractivity contribution is -0.897. The highest BCUT2D eigenvalue weighted by Gasteiger charge is 2.28. The molecule has 2 amide bonds. The van der Waals surface area contributed by atoms with Gasteiger partial charge in [0.25, 0.3) is 5.91 Å². The van der Waals surface area contributed by atoms with E-state index in [0.717, 1.165) is 37.2 Å². The average molecular weight is 401 g/mol. The molecule has 28 heavy (non-hydrogen) atoms. The summed E-state index contributed by atoms with van der Waals surface area (Å²) >= 11 is 5.91. The van der Waals surface area contributed by atoms with Crippen molar-refractivity contribution in [2.24, 2.45) is 5.92 Å². The van der Waals surface area contributed by atoms with Crippen molar-refractivity contribution in [3.8, 4) is 0 Å². The molecule has 2 aromatic carbocycles. The fourth-order valence-electron chi connectivity index (χ4n) is 3.59. The van der Waals surface area contributed by atoms with Crippen LogP contribution in [0.1, 0.15) is 31.4 Å². The Kier molecular flexibility index (Phi) is 7.06. The lowest BCUT2D eigenvalue weighted by Gasteiger charge is -2.28. The van der Waals surface area contributed by atoms with Crippen LogP contribution in [0, 0.1) is 5.92 Å². The minimum atomic E-state index is -0.0571. The molecule has 6 heteroatoms. The van der Waals surface area contributed by atoms with E-state index in [4.69, 9.17) is 11.6 Å². The van der Waals surface area contributed by atoms with E-state index in [9.17, 15) is 9.59 Å². The number of anilines is 1. The molecule has 5 nitrogen and oxygen atoms in total. The molecule has 1 aliphatic rings. The molecule has 1 saturated heterocycles. The first kappa shape index (κ1) is 20.4. The van der Waals surface area contributed by atoms with Gasteiger partial charge in [0.1, 0.15) is 0 Å². The Labute approximate surface area is 171 Å². The summed E-state index contributed by atoms with van der Waals surface area (Å²) in [5, 5.41) is 6.71. The van der Waals surface area contributed by atoms with E-state index in [2.05, 4.69) is 10.6 Å². The van der Waals surface area contributed by atoms with Crippen molar-refractivity contribution in [1.82, 2.24) is 5.32 Å². The van der Waals surface area contributed by atoms with E-state index in [1.165, 1.54) is 4.90 Å². The van der Waals surface area contributed by atoms with Gasteiger partial charge in [-0.1, -0.05) is 41.9 Å². The smallest absolute Gasteiger partial charge is 0.275 e. The number of hydrogen-bond donors (Lipinski definition) is 3. The molecule has 3 rings (SSSR count). The average Bonchev–Trinajstić information content (AvgIpc) is 2.69. The van der Waals surface area contributed by atoms with Gasteiger partial charge in [0.05, 0.1) is 19.1 Å². The zero-order valence-electron chi connectivity index (χ0n) is 16.1. The molecule has 1 aliphatic heterocycles. The van der Waals surface area contributed by atoms with E-state index < -0.39 is 0 Å². The number of piperidine rings is 1. The first-order valence-corrected chi connectivity index (χ1v) is 10.1. The van der Waals surface area contributed by atoms with Gasteiger partial charge in [-0.2, -0.15) is 0 Å². The van der Waals surface area contributed by atoms with Crippen molar-refractivity contribution >= 4 is 29.1 Å². The second kappa shape index (κ2) is 9.71. The maximum absolute atomic E-state index is 12.4. The van der Waals surface area contributed by atoms with Crippen molar-refractivity contribution in [2.45, 2.75) is 25.8 Å². The first-order chi connectivity index (χ1) is 13.5. The Balaban J connectivity index is 1.41. The number of carbonyl (C=O) groups is 2. The van der Waals surface area contributed by atoms with Gasteiger partial charge in [0, 0.05) is 29.5 Å². The number of benzene rings is 2. The molecule has 0 unspecified atom stereocenters. The molecular weight excluding hydrogens is 374 g/mol. The number of amides is 2. The van der Waals surface area contributed by atoms with Crippen LogP contribution in [0.15, 0.2) is 54.6 Å². The minimum absolute atomic E-state index is 0.0139. The van der Waals surface area contributed by atoms with Crippen LogP contribution >= 0.6 is 11.6 Å². The minimum Gasteiger partial charge on any atom is -0.345 e. The van der Waals surface area contributed by atoms with Gasteiger partial charge in [0.2, 0.25) is 5.91 Å². The second-order valence-corrected chi connectivity index (χ2v) is 7.83. The number of nitrogens with one attached hydrogen (secondary N) is 3. The van der Waals surface area contributed by atoms with Crippen LogP contribution in [0.3, 0.4) is 0 Å². The lowest BCUT2D eigenvalue weighted by atomic mass is 9.95. The van der Waals surface area contributed by atoms with Gasteiger partial charge in [-0.05, 0) is 36.8 Å². The molecule has 1 fully saturated rings. The molecule has 0 radical (unpaired) electrons. The summed E-state index contributed by atoms with van der Waals surface area (Å²) < 4.78 is 0. The summed E-state index contributed by atoms with van der Waals surface area (Å²) in [6.07, 6.45) is 1.60. The van der Waals surface area contributed by atoms with Gasteiger partial charge in [-0.3, -0.25) is 9.59 Å². The molecule has 0 saturated carbocycles. The maximum atomic E-state index is 12.4. The van der Waals surface area contributed by atoms with Crippen LogP contribution in [0.5, 0.6) is 0 Å². The van der Waals surface area contributed by atoms with Crippen molar-refractivity contribution < 1.29 is 14.5 Å². The number of quaternary nitrogens is 1. The number of halogens is 1. The first-order valence-electron chi connectivity index (χ1n) is 9.75. The predicted octanol–water partition coefficient (Wildman–Crippen LogP) is 2.45. The van der Waals surface area contributed by atoms with Crippen LogP contribution in [-0.4, -0.2) is 31.4 Å². The van der Waals surface area contributed by atoms with E-state index >= 15 is 0 Å². The standard InChI is InChI=1S/C22H26ClN3O2/c1-16(17-7-9-19(23)10-8-17)24-21(27)15-26-13-11-18(12-14-26)22(28)25-20-5-3-2-4-6-20/h2-10,16,18H,11-15H2,1H3,(H,24,27)(H,25,28)/p+1/t16-/m1/s1. The normalized spacial score (nSPS) is 20.2. The van der Waals surface area contributed by atoms with Gasteiger partial charge in [-0.15, -0.1) is 0 Å².